The first-order valence-corrected chi connectivity index (χ1v) is 5.84. The van der Waals surface area contributed by atoms with Gasteiger partial charge in [-0.1, -0.05) is 30.3 Å². The Bertz CT molecular complexity index is 553. The monoisotopic (exact) mass is 223 g/mol. The zero-order chi connectivity index (χ0) is 12.3. The van der Waals surface area contributed by atoms with E-state index in [1.807, 2.05) is 18.3 Å². The summed E-state index contributed by atoms with van der Waals surface area (Å²) in [6.45, 7) is 6.33. The summed E-state index contributed by atoms with van der Waals surface area (Å²) in [6, 6.07) is 14.5. The molecule has 0 bridgehead atoms. The van der Waals surface area contributed by atoms with E-state index in [9.17, 15) is 0 Å². The third-order valence-corrected chi connectivity index (χ3v) is 3.03. The van der Waals surface area contributed by atoms with Gasteiger partial charge < -0.3 is 0 Å². The van der Waals surface area contributed by atoms with Crippen molar-refractivity contribution in [2.24, 2.45) is 4.99 Å². The molecule has 2 aromatic rings. The molecule has 0 aliphatic heterocycles. The number of hydrogen-bond donors (Lipinski definition) is 0. The Morgan fingerprint density at radius 3 is 2.29 bits per heavy atom. The summed E-state index contributed by atoms with van der Waals surface area (Å²) in [4.78, 5) is 4.51. The molecule has 0 amide bonds. The van der Waals surface area contributed by atoms with E-state index in [1.54, 1.807) is 0 Å². The summed E-state index contributed by atoms with van der Waals surface area (Å²) in [5.74, 6) is 0. The number of aryl methyl sites for hydroxylation is 3. The molecule has 0 unspecified atom stereocenters. The fourth-order valence-electron chi connectivity index (χ4n) is 1.68. The maximum Gasteiger partial charge on any atom is 0.0632 e. The summed E-state index contributed by atoms with van der Waals surface area (Å²) in [7, 11) is 0. The van der Waals surface area contributed by atoms with Gasteiger partial charge in [0, 0.05) is 6.21 Å². The molecule has 17 heavy (non-hydrogen) atoms. The second-order valence-corrected chi connectivity index (χ2v) is 4.38. The fraction of sp³-hybridized carbons (Fsp3) is 0.188. The molecule has 0 fully saturated rings. The zero-order valence-electron chi connectivity index (χ0n) is 10.6. The second-order valence-electron chi connectivity index (χ2n) is 4.38. The lowest BCUT2D eigenvalue weighted by atomic mass is 10.1. The van der Waals surface area contributed by atoms with Crippen molar-refractivity contribution < 1.29 is 0 Å². The molecule has 0 atom stereocenters. The van der Waals surface area contributed by atoms with Crippen LogP contribution in [-0.4, -0.2) is 6.21 Å². The van der Waals surface area contributed by atoms with Crippen LogP contribution in [0.3, 0.4) is 0 Å². The predicted molar refractivity (Wildman–Crippen MR) is 74.3 cm³/mol. The van der Waals surface area contributed by atoms with Crippen LogP contribution in [-0.2, 0) is 0 Å². The average molecular weight is 223 g/mol. The highest BCUT2D eigenvalue weighted by atomic mass is 14.7. The van der Waals surface area contributed by atoms with Gasteiger partial charge in [-0.15, -0.1) is 0 Å². The minimum absolute atomic E-state index is 1.01. The molecule has 2 aromatic carbocycles. The zero-order valence-corrected chi connectivity index (χ0v) is 10.6. The van der Waals surface area contributed by atoms with Gasteiger partial charge in [0.15, 0.2) is 0 Å². The van der Waals surface area contributed by atoms with Crippen molar-refractivity contribution in [1.29, 1.82) is 0 Å². The summed E-state index contributed by atoms with van der Waals surface area (Å²) in [6.07, 6.45) is 1.93. The maximum atomic E-state index is 4.51. The largest absolute Gasteiger partial charge is 0.256 e. The van der Waals surface area contributed by atoms with Gasteiger partial charge in [-0.05, 0) is 55.2 Å². The topological polar surface area (TPSA) is 12.4 Å². The Hall–Kier alpha value is -1.89. The summed E-state index contributed by atoms with van der Waals surface area (Å²) in [5.41, 5.74) is 6.02. The van der Waals surface area contributed by atoms with E-state index in [0.717, 1.165) is 5.69 Å². The van der Waals surface area contributed by atoms with Crippen LogP contribution in [0.1, 0.15) is 22.3 Å². The minimum atomic E-state index is 1.01. The minimum Gasteiger partial charge on any atom is -0.256 e. The molecular formula is C16H17N. The lowest BCUT2D eigenvalue weighted by Crippen LogP contribution is -1.85. The van der Waals surface area contributed by atoms with Gasteiger partial charge in [0.2, 0.25) is 0 Å². The number of aliphatic imine (C=N–C) groups is 1. The molecule has 0 N–H and O–H groups in total. The average Bonchev–Trinajstić information content (AvgIpc) is 2.32. The molecule has 86 valence electrons. The highest BCUT2D eigenvalue weighted by molar-refractivity contribution is 5.83. The molecule has 0 aliphatic rings. The van der Waals surface area contributed by atoms with E-state index in [0.29, 0.717) is 0 Å². The van der Waals surface area contributed by atoms with E-state index in [-0.39, 0.29) is 0 Å². The van der Waals surface area contributed by atoms with E-state index in [4.69, 9.17) is 0 Å². The lowest BCUT2D eigenvalue weighted by Gasteiger charge is -2.01. The standard InChI is InChI=1S/C16H17N/c1-12-8-9-16(10-14(12)3)17-11-15-7-5-4-6-13(15)2/h4-11H,1-3H3. The van der Waals surface area contributed by atoms with Gasteiger partial charge >= 0.3 is 0 Å². The molecule has 0 spiro atoms. The van der Waals surface area contributed by atoms with E-state index in [1.165, 1.54) is 22.3 Å². The van der Waals surface area contributed by atoms with Crippen molar-refractivity contribution in [3.63, 3.8) is 0 Å². The van der Waals surface area contributed by atoms with Gasteiger partial charge in [0.1, 0.15) is 0 Å². The van der Waals surface area contributed by atoms with Crippen LogP contribution >= 0.6 is 0 Å². The molecule has 0 radical (unpaired) electrons. The van der Waals surface area contributed by atoms with Crippen LogP contribution in [0.25, 0.3) is 0 Å². The van der Waals surface area contributed by atoms with Crippen LogP contribution in [0.2, 0.25) is 0 Å². The highest BCUT2D eigenvalue weighted by Gasteiger charge is 1.95. The van der Waals surface area contributed by atoms with Crippen LogP contribution in [0.5, 0.6) is 0 Å². The Morgan fingerprint density at radius 2 is 1.59 bits per heavy atom. The van der Waals surface area contributed by atoms with E-state index >= 15 is 0 Å². The summed E-state index contributed by atoms with van der Waals surface area (Å²) < 4.78 is 0. The molecular weight excluding hydrogens is 206 g/mol. The molecule has 0 aliphatic carbocycles. The lowest BCUT2D eigenvalue weighted by molar-refractivity contribution is 1.33. The van der Waals surface area contributed by atoms with E-state index < -0.39 is 0 Å². The number of benzene rings is 2. The van der Waals surface area contributed by atoms with Gasteiger partial charge in [-0.25, -0.2) is 0 Å². The van der Waals surface area contributed by atoms with Crippen LogP contribution < -0.4 is 0 Å². The van der Waals surface area contributed by atoms with Crippen molar-refractivity contribution in [2.75, 3.05) is 0 Å². The Balaban J connectivity index is 2.26. The van der Waals surface area contributed by atoms with Gasteiger partial charge in [-0.3, -0.25) is 4.99 Å². The third kappa shape index (κ3) is 2.82. The Labute approximate surface area is 103 Å². The van der Waals surface area contributed by atoms with Crippen LogP contribution in [0.4, 0.5) is 5.69 Å². The number of hydrogen-bond acceptors (Lipinski definition) is 1. The van der Waals surface area contributed by atoms with Crippen molar-refractivity contribution in [3.8, 4) is 0 Å². The summed E-state index contributed by atoms with van der Waals surface area (Å²) >= 11 is 0. The normalized spacial score (nSPS) is 11.0. The Morgan fingerprint density at radius 1 is 0.824 bits per heavy atom. The molecule has 0 saturated carbocycles. The SMILES string of the molecule is Cc1ccc(N=Cc2ccccc2C)cc1C. The first-order valence-electron chi connectivity index (χ1n) is 5.84. The fourth-order valence-corrected chi connectivity index (χ4v) is 1.68. The molecule has 1 nitrogen and oxygen atoms in total. The molecule has 0 heterocycles. The molecule has 2 rings (SSSR count). The quantitative estimate of drug-likeness (QED) is 0.671. The van der Waals surface area contributed by atoms with Crippen LogP contribution in [0.15, 0.2) is 47.5 Å². The Kier molecular flexibility index (Phi) is 3.38. The predicted octanol–water partition coefficient (Wildman–Crippen LogP) is 4.36. The van der Waals surface area contributed by atoms with Crippen molar-refractivity contribution >= 4 is 11.9 Å². The third-order valence-electron chi connectivity index (χ3n) is 3.03. The van der Waals surface area contributed by atoms with Crippen molar-refractivity contribution in [2.45, 2.75) is 20.8 Å². The van der Waals surface area contributed by atoms with Gasteiger partial charge in [0.25, 0.3) is 0 Å². The molecule has 0 aromatic heterocycles. The first-order chi connectivity index (χ1) is 8.16. The van der Waals surface area contributed by atoms with Crippen LogP contribution in [0, 0.1) is 20.8 Å². The number of nitrogens with zero attached hydrogens (tertiary/aromatic N) is 1. The van der Waals surface area contributed by atoms with Crippen molar-refractivity contribution in [3.05, 3.63) is 64.7 Å². The highest BCUT2D eigenvalue weighted by Crippen LogP contribution is 2.17. The van der Waals surface area contributed by atoms with Gasteiger partial charge in [-0.2, -0.15) is 0 Å². The van der Waals surface area contributed by atoms with Crippen molar-refractivity contribution in [1.82, 2.24) is 0 Å². The second kappa shape index (κ2) is 4.96. The summed E-state index contributed by atoms with van der Waals surface area (Å²) in [5, 5.41) is 0. The maximum absolute atomic E-state index is 4.51. The van der Waals surface area contributed by atoms with E-state index in [2.05, 4.69) is 56.1 Å². The molecule has 1 heteroatoms. The molecule has 0 saturated heterocycles. The first kappa shape index (κ1) is 11.6. The smallest absolute Gasteiger partial charge is 0.0632 e. The van der Waals surface area contributed by atoms with Gasteiger partial charge in [0.05, 0.1) is 5.69 Å². The number of rotatable bonds is 2.